The quantitative estimate of drug-likeness (QED) is 0.515. The molecule has 6 nitrogen and oxygen atoms in total. The maximum absolute atomic E-state index is 12.5. The molecule has 0 amide bonds. The Morgan fingerprint density at radius 1 is 0.880 bits per heavy atom. The van der Waals surface area contributed by atoms with E-state index in [0.717, 1.165) is 0 Å². The molecule has 0 fully saturated rings. The number of phenolic OH excluding ortho intramolecular Hbond substituents is 1. The number of ketones is 1. The van der Waals surface area contributed by atoms with Crippen LogP contribution in [0.4, 0.5) is 0 Å². The van der Waals surface area contributed by atoms with Crippen LogP contribution < -0.4 is 0 Å². The molecule has 1 atom stereocenters. The predicted molar refractivity (Wildman–Crippen MR) is 90.0 cm³/mol. The van der Waals surface area contributed by atoms with Crippen molar-refractivity contribution in [2.24, 2.45) is 5.92 Å². The van der Waals surface area contributed by atoms with Gasteiger partial charge in [-0.1, -0.05) is 23.7 Å². The minimum absolute atomic E-state index is 0.0141. The third kappa shape index (κ3) is 4.58. The van der Waals surface area contributed by atoms with Gasteiger partial charge in [0.2, 0.25) is 0 Å². The summed E-state index contributed by atoms with van der Waals surface area (Å²) >= 11 is 5.81. The van der Waals surface area contributed by atoms with Crippen LogP contribution in [0.1, 0.15) is 28.3 Å². The Balaban J connectivity index is 2.38. The molecule has 130 valence electrons. The van der Waals surface area contributed by atoms with Crippen molar-refractivity contribution in [1.29, 1.82) is 0 Å². The van der Waals surface area contributed by atoms with Crippen molar-refractivity contribution in [2.75, 3.05) is 0 Å². The van der Waals surface area contributed by atoms with Crippen molar-refractivity contribution in [3.05, 3.63) is 64.7 Å². The first kappa shape index (κ1) is 18.5. The van der Waals surface area contributed by atoms with Crippen LogP contribution in [-0.2, 0) is 9.59 Å². The minimum Gasteiger partial charge on any atom is -0.508 e. The number of carbonyl (C=O) groups excluding carboxylic acids is 1. The van der Waals surface area contributed by atoms with Gasteiger partial charge in [-0.3, -0.25) is 14.4 Å². The molecule has 0 aromatic heterocycles. The largest absolute Gasteiger partial charge is 0.508 e. The van der Waals surface area contributed by atoms with Gasteiger partial charge in [-0.25, -0.2) is 0 Å². The molecule has 0 bridgehead atoms. The van der Waals surface area contributed by atoms with Crippen LogP contribution in [-0.4, -0.2) is 33.0 Å². The van der Waals surface area contributed by atoms with E-state index in [9.17, 15) is 29.7 Å². The first-order valence-electron chi connectivity index (χ1n) is 7.33. The summed E-state index contributed by atoms with van der Waals surface area (Å²) in [5.74, 6) is -6.32. The molecule has 0 aliphatic carbocycles. The number of benzene rings is 2. The Morgan fingerprint density at radius 2 is 1.40 bits per heavy atom. The van der Waals surface area contributed by atoms with Crippen LogP contribution in [0.25, 0.3) is 0 Å². The Kier molecular flexibility index (Phi) is 5.77. The average Bonchev–Trinajstić information content (AvgIpc) is 2.54. The summed E-state index contributed by atoms with van der Waals surface area (Å²) < 4.78 is 0. The SMILES string of the molecule is O=C(CC(c1ccc(Cl)cc1)C(C(=O)O)C(=O)O)c1ccc(O)cc1. The summed E-state index contributed by atoms with van der Waals surface area (Å²) in [4.78, 5) is 35.3. The van der Waals surface area contributed by atoms with Crippen LogP contribution in [0.2, 0.25) is 5.02 Å². The second-order valence-electron chi connectivity index (χ2n) is 5.49. The van der Waals surface area contributed by atoms with Crippen molar-refractivity contribution in [3.8, 4) is 5.75 Å². The number of aliphatic carboxylic acids is 2. The first-order valence-corrected chi connectivity index (χ1v) is 7.70. The highest BCUT2D eigenvalue weighted by Gasteiger charge is 2.37. The van der Waals surface area contributed by atoms with Crippen molar-refractivity contribution in [3.63, 3.8) is 0 Å². The van der Waals surface area contributed by atoms with Crippen LogP contribution >= 0.6 is 11.6 Å². The lowest BCUT2D eigenvalue weighted by Crippen LogP contribution is -2.31. The van der Waals surface area contributed by atoms with Gasteiger partial charge in [-0.2, -0.15) is 0 Å². The molecular weight excluding hydrogens is 348 g/mol. The van der Waals surface area contributed by atoms with E-state index in [-0.39, 0.29) is 17.7 Å². The fraction of sp³-hybridized carbons (Fsp3) is 0.167. The molecule has 2 rings (SSSR count). The van der Waals surface area contributed by atoms with E-state index in [2.05, 4.69) is 0 Å². The molecule has 0 aliphatic heterocycles. The molecular formula is C18H15ClO6. The topological polar surface area (TPSA) is 112 Å². The van der Waals surface area contributed by atoms with Gasteiger partial charge in [-0.05, 0) is 42.0 Å². The second kappa shape index (κ2) is 7.81. The van der Waals surface area contributed by atoms with E-state index in [4.69, 9.17) is 11.6 Å². The molecule has 3 N–H and O–H groups in total. The number of hydrogen-bond acceptors (Lipinski definition) is 4. The summed E-state index contributed by atoms with van der Waals surface area (Å²) in [6, 6.07) is 11.5. The summed E-state index contributed by atoms with van der Waals surface area (Å²) in [6.07, 6.45) is -0.310. The lowest BCUT2D eigenvalue weighted by molar-refractivity contribution is -0.155. The zero-order valence-electron chi connectivity index (χ0n) is 12.9. The third-order valence-corrected chi connectivity index (χ3v) is 4.08. The number of rotatable bonds is 7. The zero-order valence-corrected chi connectivity index (χ0v) is 13.7. The summed E-state index contributed by atoms with van der Waals surface area (Å²) in [6.45, 7) is 0. The summed E-state index contributed by atoms with van der Waals surface area (Å²) in [5.41, 5.74) is 0.651. The average molecular weight is 363 g/mol. The standard InChI is InChI=1S/C18H15ClO6/c19-12-5-1-10(2-6-12)14(16(17(22)23)18(24)25)9-15(21)11-3-7-13(20)8-4-11/h1-8,14,16,20H,9H2,(H,22,23)(H,24,25). The first-order chi connectivity index (χ1) is 11.8. The number of carboxylic acids is 2. The third-order valence-electron chi connectivity index (χ3n) is 3.83. The Morgan fingerprint density at radius 3 is 1.88 bits per heavy atom. The van der Waals surface area contributed by atoms with E-state index in [1.807, 2.05) is 0 Å². The monoisotopic (exact) mass is 362 g/mol. The molecule has 0 saturated carbocycles. The zero-order chi connectivity index (χ0) is 18.6. The number of hydrogen-bond donors (Lipinski definition) is 3. The van der Waals surface area contributed by atoms with E-state index >= 15 is 0 Å². The van der Waals surface area contributed by atoms with E-state index < -0.39 is 29.6 Å². The van der Waals surface area contributed by atoms with Gasteiger partial charge in [0.25, 0.3) is 0 Å². The molecule has 0 heterocycles. The van der Waals surface area contributed by atoms with Gasteiger partial charge in [0.05, 0.1) is 0 Å². The van der Waals surface area contributed by atoms with Gasteiger partial charge >= 0.3 is 11.9 Å². The number of carbonyl (C=O) groups is 3. The van der Waals surface area contributed by atoms with Gasteiger partial charge in [-0.15, -0.1) is 0 Å². The molecule has 2 aromatic carbocycles. The van der Waals surface area contributed by atoms with Crippen LogP contribution in [0, 0.1) is 5.92 Å². The number of aromatic hydroxyl groups is 1. The Bertz CT molecular complexity index is 768. The highest BCUT2D eigenvalue weighted by Crippen LogP contribution is 2.31. The van der Waals surface area contributed by atoms with Crippen molar-refractivity contribution in [1.82, 2.24) is 0 Å². The van der Waals surface area contributed by atoms with E-state index in [1.165, 1.54) is 48.5 Å². The van der Waals surface area contributed by atoms with E-state index in [0.29, 0.717) is 10.6 Å². The van der Waals surface area contributed by atoms with Crippen LogP contribution in [0.3, 0.4) is 0 Å². The molecule has 7 heteroatoms. The van der Waals surface area contributed by atoms with E-state index in [1.54, 1.807) is 0 Å². The van der Waals surface area contributed by atoms with Gasteiger partial charge < -0.3 is 15.3 Å². The maximum atomic E-state index is 12.5. The number of halogens is 1. The molecule has 0 radical (unpaired) electrons. The fourth-order valence-electron chi connectivity index (χ4n) is 2.55. The minimum atomic E-state index is -1.78. The maximum Gasteiger partial charge on any atom is 0.318 e. The highest BCUT2D eigenvalue weighted by molar-refractivity contribution is 6.30. The molecule has 1 unspecified atom stereocenters. The molecule has 2 aromatic rings. The molecule has 25 heavy (non-hydrogen) atoms. The van der Waals surface area contributed by atoms with Gasteiger partial charge in [0.15, 0.2) is 11.7 Å². The molecule has 0 spiro atoms. The second-order valence-corrected chi connectivity index (χ2v) is 5.92. The number of carboxylic acid groups (broad SMARTS) is 2. The van der Waals surface area contributed by atoms with Crippen molar-refractivity contribution < 1.29 is 29.7 Å². The lowest BCUT2D eigenvalue weighted by Gasteiger charge is -2.21. The van der Waals surface area contributed by atoms with Crippen molar-refractivity contribution >= 4 is 29.3 Å². The molecule has 0 saturated heterocycles. The Labute approximate surface area is 148 Å². The normalized spacial score (nSPS) is 11.9. The van der Waals surface area contributed by atoms with Gasteiger partial charge in [0.1, 0.15) is 5.75 Å². The fourth-order valence-corrected chi connectivity index (χ4v) is 2.68. The molecule has 0 aliphatic rings. The number of phenols is 1. The number of Topliss-reactive ketones (excluding diaryl/α,β-unsaturated/α-hetero) is 1. The lowest BCUT2D eigenvalue weighted by atomic mass is 9.81. The Hall–Kier alpha value is -2.86. The van der Waals surface area contributed by atoms with Crippen LogP contribution in [0.15, 0.2) is 48.5 Å². The summed E-state index contributed by atoms with van der Waals surface area (Å²) in [7, 11) is 0. The van der Waals surface area contributed by atoms with Crippen molar-refractivity contribution in [2.45, 2.75) is 12.3 Å². The summed E-state index contributed by atoms with van der Waals surface area (Å²) in [5, 5.41) is 28.3. The predicted octanol–water partition coefficient (Wildman–Crippen LogP) is 3.19. The highest BCUT2D eigenvalue weighted by atomic mass is 35.5. The smallest absolute Gasteiger partial charge is 0.318 e. The van der Waals surface area contributed by atoms with Gasteiger partial charge in [0, 0.05) is 22.9 Å². The van der Waals surface area contributed by atoms with Crippen LogP contribution in [0.5, 0.6) is 5.75 Å².